The van der Waals surface area contributed by atoms with Crippen LogP contribution >= 0.6 is 0 Å². The topological polar surface area (TPSA) is 104 Å². The van der Waals surface area contributed by atoms with Gasteiger partial charge in [0, 0.05) is 25.3 Å². The van der Waals surface area contributed by atoms with Gasteiger partial charge in [-0.1, -0.05) is 42.5 Å². The molecule has 4 rings (SSSR count). The SMILES string of the molecule is O=C(Nc1cccc(F)c1)[C@H]1CN(S(=O)(=O)c2ccccc2)CCN1S(=O)(=O)c1ccccc1. The fourth-order valence-electron chi connectivity index (χ4n) is 3.72. The average molecular weight is 504 g/mol. The summed E-state index contributed by atoms with van der Waals surface area (Å²) in [6.07, 6.45) is 0. The highest BCUT2D eigenvalue weighted by molar-refractivity contribution is 7.89. The number of nitrogens with zero attached hydrogens (tertiary/aromatic N) is 2. The predicted octanol–water partition coefficient (Wildman–Crippen LogP) is 2.53. The molecule has 1 amide bonds. The van der Waals surface area contributed by atoms with Gasteiger partial charge in [-0.2, -0.15) is 8.61 Å². The summed E-state index contributed by atoms with van der Waals surface area (Å²) in [5.74, 6) is -1.35. The number of halogens is 1. The van der Waals surface area contributed by atoms with E-state index in [1.54, 1.807) is 36.4 Å². The van der Waals surface area contributed by atoms with E-state index in [0.29, 0.717) is 0 Å². The Kier molecular flexibility index (Phi) is 6.80. The number of sulfonamides is 2. The third kappa shape index (κ3) is 4.87. The van der Waals surface area contributed by atoms with Gasteiger partial charge in [-0.25, -0.2) is 21.2 Å². The number of hydrogen-bond donors (Lipinski definition) is 1. The Balaban J connectivity index is 1.69. The summed E-state index contributed by atoms with van der Waals surface area (Å²) in [4.78, 5) is 13.2. The molecule has 0 bridgehead atoms. The van der Waals surface area contributed by atoms with E-state index in [4.69, 9.17) is 0 Å². The van der Waals surface area contributed by atoms with Gasteiger partial charge in [-0.15, -0.1) is 0 Å². The third-order valence-electron chi connectivity index (χ3n) is 5.42. The van der Waals surface area contributed by atoms with Gasteiger partial charge in [-0.05, 0) is 42.5 Å². The van der Waals surface area contributed by atoms with Gasteiger partial charge < -0.3 is 5.32 Å². The van der Waals surface area contributed by atoms with Crippen molar-refractivity contribution in [2.24, 2.45) is 0 Å². The van der Waals surface area contributed by atoms with Crippen LogP contribution in [0.1, 0.15) is 0 Å². The minimum atomic E-state index is -4.11. The van der Waals surface area contributed by atoms with Gasteiger partial charge in [0.25, 0.3) is 0 Å². The molecule has 1 N–H and O–H groups in total. The Morgan fingerprint density at radius 3 is 1.97 bits per heavy atom. The lowest BCUT2D eigenvalue weighted by Gasteiger charge is -2.38. The summed E-state index contributed by atoms with van der Waals surface area (Å²) in [6.45, 7) is -0.762. The van der Waals surface area contributed by atoms with Crippen LogP contribution in [0.2, 0.25) is 0 Å². The first kappa shape index (κ1) is 24.0. The molecule has 8 nitrogen and oxygen atoms in total. The summed E-state index contributed by atoms with van der Waals surface area (Å²) in [5, 5.41) is 2.51. The molecular formula is C23H22FN3O5S2. The number of amides is 1. The molecule has 0 aliphatic carbocycles. The molecule has 1 atom stereocenters. The normalized spacial score (nSPS) is 17.9. The van der Waals surface area contributed by atoms with Crippen LogP contribution in [0.3, 0.4) is 0 Å². The van der Waals surface area contributed by atoms with Crippen LogP contribution in [0, 0.1) is 5.82 Å². The van der Waals surface area contributed by atoms with E-state index in [0.717, 1.165) is 14.7 Å². The molecule has 1 heterocycles. The largest absolute Gasteiger partial charge is 0.325 e. The highest BCUT2D eigenvalue weighted by atomic mass is 32.2. The molecule has 0 saturated carbocycles. The minimum Gasteiger partial charge on any atom is -0.325 e. The highest BCUT2D eigenvalue weighted by Gasteiger charge is 2.43. The lowest BCUT2D eigenvalue weighted by Crippen LogP contribution is -2.60. The highest BCUT2D eigenvalue weighted by Crippen LogP contribution is 2.26. The van der Waals surface area contributed by atoms with Crippen molar-refractivity contribution in [1.82, 2.24) is 8.61 Å². The number of rotatable bonds is 6. The van der Waals surface area contributed by atoms with Crippen molar-refractivity contribution in [3.63, 3.8) is 0 Å². The van der Waals surface area contributed by atoms with Crippen molar-refractivity contribution in [2.75, 3.05) is 25.0 Å². The molecule has 1 aliphatic heterocycles. The van der Waals surface area contributed by atoms with Crippen molar-refractivity contribution < 1.29 is 26.0 Å². The summed E-state index contributed by atoms with van der Waals surface area (Å²) in [5.41, 5.74) is 0.130. The van der Waals surface area contributed by atoms with E-state index in [2.05, 4.69) is 5.32 Å². The van der Waals surface area contributed by atoms with Crippen molar-refractivity contribution in [2.45, 2.75) is 15.8 Å². The molecule has 1 aliphatic rings. The lowest BCUT2D eigenvalue weighted by atomic mass is 10.2. The maximum absolute atomic E-state index is 13.6. The standard InChI is InChI=1S/C23H22FN3O5S2/c24-18-8-7-9-19(16-18)25-23(28)22-17-26(33(29,30)20-10-3-1-4-11-20)14-15-27(22)34(31,32)21-12-5-2-6-13-21/h1-13,16,22H,14-15,17H2,(H,25,28)/t22-/m1/s1. The van der Waals surface area contributed by atoms with Crippen molar-refractivity contribution in [3.8, 4) is 0 Å². The van der Waals surface area contributed by atoms with Gasteiger partial charge in [-0.3, -0.25) is 4.79 Å². The van der Waals surface area contributed by atoms with Crippen molar-refractivity contribution in [3.05, 3.63) is 90.7 Å². The Labute approximate surface area is 197 Å². The van der Waals surface area contributed by atoms with E-state index in [1.165, 1.54) is 42.5 Å². The molecule has 11 heteroatoms. The third-order valence-corrected chi connectivity index (χ3v) is 9.22. The number of carbonyl (C=O) groups excluding carboxylic acids is 1. The Morgan fingerprint density at radius 2 is 1.38 bits per heavy atom. The number of piperazine rings is 1. The fraction of sp³-hybridized carbons (Fsp3) is 0.174. The van der Waals surface area contributed by atoms with E-state index < -0.39 is 44.4 Å². The molecule has 178 valence electrons. The maximum Gasteiger partial charge on any atom is 0.244 e. The van der Waals surface area contributed by atoms with Crippen LogP contribution in [0.25, 0.3) is 0 Å². The Bertz CT molecular complexity index is 1380. The van der Waals surface area contributed by atoms with Crippen LogP contribution < -0.4 is 5.32 Å². The smallest absolute Gasteiger partial charge is 0.244 e. The fourth-order valence-corrected chi connectivity index (χ4v) is 6.77. The molecule has 0 spiro atoms. The van der Waals surface area contributed by atoms with Gasteiger partial charge in [0.15, 0.2) is 0 Å². The molecule has 3 aromatic rings. The quantitative estimate of drug-likeness (QED) is 0.557. The number of benzene rings is 3. The summed E-state index contributed by atoms with van der Waals surface area (Å²) in [6, 6.07) is 19.1. The van der Waals surface area contributed by atoms with Gasteiger partial charge in [0.2, 0.25) is 26.0 Å². The van der Waals surface area contributed by atoms with E-state index in [1.807, 2.05) is 0 Å². The molecule has 0 unspecified atom stereocenters. The van der Waals surface area contributed by atoms with Gasteiger partial charge >= 0.3 is 0 Å². The first-order valence-electron chi connectivity index (χ1n) is 10.4. The molecule has 1 fully saturated rings. The van der Waals surface area contributed by atoms with Crippen LogP contribution in [0.4, 0.5) is 10.1 Å². The van der Waals surface area contributed by atoms with Crippen LogP contribution in [0.15, 0.2) is 94.7 Å². The summed E-state index contributed by atoms with van der Waals surface area (Å²) in [7, 11) is -8.08. The first-order valence-corrected chi connectivity index (χ1v) is 13.3. The first-order chi connectivity index (χ1) is 16.2. The molecular weight excluding hydrogens is 481 g/mol. The second-order valence-electron chi connectivity index (χ2n) is 7.62. The zero-order valence-electron chi connectivity index (χ0n) is 17.9. The molecule has 1 saturated heterocycles. The van der Waals surface area contributed by atoms with Gasteiger partial charge in [0.05, 0.1) is 9.79 Å². The Hall–Kier alpha value is -3.12. The van der Waals surface area contributed by atoms with E-state index >= 15 is 0 Å². The minimum absolute atomic E-state index is 0.0158. The van der Waals surface area contributed by atoms with Crippen LogP contribution in [0.5, 0.6) is 0 Å². The monoisotopic (exact) mass is 503 g/mol. The zero-order valence-corrected chi connectivity index (χ0v) is 19.5. The zero-order chi connectivity index (χ0) is 24.3. The molecule has 0 aromatic heterocycles. The summed E-state index contributed by atoms with van der Waals surface area (Å²) >= 11 is 0. The molecule has 3 aromatic carbocycles. The maximum atomic E-state index is 13.6. The predicted molar refractivity (Wildman–Crippen MR) is 124 cm³/mol. The van der Waals surface area contributed by atoms with E-state index in [9.17, 15) is 26.0 Å². The lowest BCUT2D eigenvalue weighted by molar-refractivity contribution is -0.120. The van der Waals surface area contributed by atoms with Gasteiger partial charge in [0.1, 0.15) is 11.9 Å². The second kappa shape index (κ2) is 9.63. The average Bonchev–Trinajstić information content (AvgIpc) is 2.84. The molecule has 0 radical (unpaired) electrons. The van der Waals surface area contributed by atoms with Crippen molar-refractivity contribution in [1.29, 1.82) is 0 Å². The molecule has 34 heavy (non-hydrogen) atoms. The van der Waals surface area contributed by atoms with Crippen LogP contribution in [-0.2, 0) is 24.8 Å². The van der Waals surface area contributed by atoms with Crippen molar-refractivity contribution >= 4 is 31.6 Å². The summed E-state index contributed by atoms with van der Waals surface area (Å²) < 4.78 is 68.7. The second-order valence-corrected chi connectivity index (χ2v) is 11.4. The number of hydrogen-bond acceptors (Lipinski definition) is 5. The number of nitrogens with one attached hydrogen (secondary N) is 1. The number of carbonyl (C=O) groups is 1. The number of anilines is 1. The van der Waals surface area contributed by atoms with Crippen LogP contribution in [-0.4, -0.2) is 57.0 Å². The van der Waals surface area contributed by atoms with E-state index in [-0.39, 0.29) is 28.6 Å². The Morgan fingerprint density at radius 1 is 0.794 bits per heavy atom.